The second-order valence-electron chi connectivity index (χ2n) is 8.76. The molecule has 37 heavy (non-hydrogen) atoms. The van der Waals surface area contributed by atoms with Gasteiger partial charge in [0.2, 0.25) is 5.11 Å². The van der Waals surface area contributed by atoms with E-state index >= 15 is 0 Å². The molecule has 0 aromatic heterocycles. The lowest BCUT2D eigenvalue weighted by Gasteiger charge is -2.18. The van der Waals surface area contributed by atoms with Crippen LogP contribution in [0.4, 0.5) is 11.4 Å². The van der Waals surface area contributed by atoms with Crippen LogP contribution in [0.5, 0.6) is 0 Å². The van der Waals surface area contributed by atoms with Crippen LogP contribution in [0.25, 0.3) is 6.08 Å². The van der Waals surface area contributed by atoms with Crippen LogP contribution in [-0.2, 0) is 4.79 Å². The van der Waals surface area contributed by atoms with Gasteiger partial charge in [-0.05, 0) is 66.2 Å². The third kappa shape index (κ3) is 6.68. The predicted molar refractivity (Wildman–Crippen MR) is 157 cm³/mol. The smallest absolute Gasteiger partial charge is 0.284 e. The Balaban J connectivity index is 1.48. The number of rotatable bonds is 8. The van der Waals surface area contributed by atoms with E-state index in [0.717, 1.165) is 28.1 Å². The maximum atomic E-state index is 13.3. The number of aliphatic imine (C=N–C) groups is 1. The number of carbonyl (C=O) groups is 1. The Bertz CT molecular complexity index is 1350. The summed E-state index contributed by atoms with van der Waals surface area (Å²) in [6.07, 6.45) is 3.96. The first-order valence-corrected chi connectivity index (χ1v) is 12.4. The van der Waals surface area contributed by atoms with Gasteiger partial charge in [0, 0.05) is 38.4 Å². The van der Waals surface area contributed by atoms with E-state index in [4.69, 9.17) is 12.2 Å². The van der Waals surface area contributed by atoms with Gasteiger partial charge in [-0.3, -0.25) is 10.2 Å². The predicted octanol–water partition coefficient (Wildman–Crippen LogP) is 5.05. The average Bonchev–Trinajstić information content (AvgIpc) is 3.20. The van der Waals surface area contributed by atoms with Crippen molar-refractivity contribution < 1.29 is 4.79 Å². The largest absolute Gasteiger partial charge is 0.385 e. The van der Waals surface area contributed by atoms with Gasteiger partial charge in [0.05, 0.1) is 6.21 Å². The molecule has 2 N–H and O–H groups in total. The molecule has 0 bridgehead atoms. The summed E-state index contributed by atoms with van der Waals surface area (Å²) in [4.78, 5) is 21.4. The van der Waals surface area contributed by atoms with Gasteiger partial charge >= 0.3 is 0 Å². The molecule has 3 aromatic rings. The van der Waals surface area contributed by atoms with Gasteiger partial charge in [0.1, 0.15) is 11.5 Å². The van der Waals surface area contributed by atoms with E-state index in [-0.39, 0.29) is 11.0 Å². The number of benzene rings is 3. The molecule has 0 aliphatic carbocycles. The highest BCUT2D eigenvalue weighted by Gasteiger charge is 2.33. The van der Waals surface area contributed by atoms with Crippen molar-refractivity contribution in [2.75, 3.05) is 30.9 Å². The fourth-order valence-electron chi connectivity index (χ4n) is 3.78. The molecule has 1 aliphatic heterocycles. The van der Waals surface area contributed by atoms with Crippen molar-refractivity contribution in [3.8, 4) is 0 Å². The van der Waals surface area contributed by atoms with Crippen molar-refractivity contribution in [1.29, 1.82) is 0 Å². The molecule has 4 rings (SSSR count). The molecule has 188 valence electrons. The first-order chi connectivity index (χ1) is 17.9. The molecule has 1 amide bonds. The molecule has 1 aliphatic rings. The monoisotopic (exact) mass is 510 g/mol. The van der Waals surface area contributed by atoms with E-state index in [1.165, 1.54) is 4.90 Å². The Hall–Kier alpha value is -4.30. The number of hydrogen-bond acceptors (Lipinski definition) is 6. The maximum absolute atomic E-state index is 13.3. The Morgan fingerprint density at radius 1 is 1.03 bits per heavy atom. The lowest BCUT2D eigenvalue weighted by Crippen LogP contribution is -2.43. The van der Waals surface area contributed by atoms with Crippen LogP contribution in [0.15, 0.2) is 94.7 Å². The zero-order valence-electron chi connectivity index (χ0n) is 21.2. The van der Waals surface area contributed by atoms with E-state index < -0.39 is 0 Å². The van der Waals surface area contributed by atoms with Crippen LogP contribution in [0.1, 0.15) is 23.1 Å². The second-order valence-corrected chi connectivity index (χ2v) is 9.15. The van der Waals surface area contributed by atoms with Gasteiger partial charge in [0.15, 0.2) is 0 Å². The summed E-state index contributed by atoms with van der Waals surface area (Å²) in [6, 6.07) is 25.7. The second kappa shape index (κ2) is 12.1. The molecule has 0 saturated heterocycles. The third-order valence-corrected chi connectivity index (χ3v) is 6.12. The molecule has 0 fully saturated rings. The van der Waals surface area contributed by atoms with Crippen LogP contribution in [0.2, 0.25) is 0 Å². The van der Waals surface area contributed by atoms with Gasteiger partial charge in [-0.1, -0.05) is 54.6 Å². The third-order valence-electron chi connectivity index (χ3n) is 5.85. The normalized spacial score (nSPS) is 14.2. The molecular formula is C29H30N6OS. The molecule has 3 aromatic carbocycles. The summed E-state index contributed by atoms with van der Waals surface area (Å²) >= 11 is 5.56. The Kier molecular flexibility index (Phi) is 8.43. The minimum atomic E-state index is -0.280. The summed E-state index contributed by atoms with van der Waals surface area (Å²) in [5.74, 6) is 0.283. The molecule has 7 nitrogen and oxygen atoms in total. The molecule has 8 heteroatoms. The molecular weight excluding hydrogens is 480 g/mol. The van der Waals surface area contributed by atoms with Crippen molar-refractivity contribution in [2.24, 2.45) is 10.1 Å². The van der Waals surface area contributed by atoms with Crippen molar-refractivity contribution in [3.63, 3.8) is 0 Å². The summed E-state index contributed by atoms with van der Waals surface area (Å²) in [6.45, 7) is 2.59. The zero-order valence-corrected chi connectivity index (χ0v) is 22.0. The van der Waals surface area contributed by atoms with Crippen LogP contribution in [0.3, 0.4) is 0 Å². The number of nitrogens with zero attached hydrogens (tertiary/aromatic N) is 4. The number of amides is 1. The highest BCUT2D eigenvalue weighted by molar-refractivity contribution is 7.80. The van der Waals surface area contributed by atoms with Gasteiger partial charge in [-0.15, -0.1) is 0 Å². The summed E-state index contributed by atoms with van der Waals surface area (Å²) in [7, 11) is 4.02. The Morgan fingerprint density at radius 2 is 1.73 bits per heavy atom. The molecule has 0 spiro atoms. The molecule has 0 radical (unpaired) electrons. The number of carbonyl (C=O) groups excluding carboxylic acids is 1. The van der Waals surface area contributed by atoms with E-state index in [9.17, 15) is 4.79 Å². The number of hydrazone groups is 1. The van der Waals surface area contributed by atoms with Crippen molar-refractivity contribution in [3.05, 3.63) is 101 Å². The standard InChI is InChI=1S/C29H30N6OS/c1-21-9-7-8-12-23(21)20-31-33-29(37)35-27(17-18-30-24-13-15-25(16-14-24)34(2)3)32-26(28(35)36)19-22-10-5-4-6-11-22/h4-16,19-20,30H,17-18H2,1-3H3,(H,33,37)/b26-19+,31-20+. The van der Waals surface area contributed by atoms with Gasteiger partial charge in [-0.2, -0.15) is 5.10 Å². The van der Waals surface area contributed by atoms with Crippen molar-refractivity contribution >= 4 is 52.7 Å². The maximum Gasteiger partial charge on any atom is 0.284 e. The summed E-state index contributed by atoms with van der Waals surface area (Å²) in [5, 5.41) is 7.85. The van der Waals surface area contributed by atoms with E-state index in [2.05, 4.69) is 37.9 Å². The fourth-order valence-corrected chi connectivity index (χ4v) is 4.02. The highest BCUT2D eigenvalue weighted by atomic mass is 32.1. The molecule has 0 saturated carbocycles. The van der Waals surface area contributed by atoms with Crippen molar-refractivity contribution in [1.82, 2.24) is 10.3 Å². The van der Waals surface area contributed by atoms with Gasteiger partial charge < -0.3 is 10.2 Å². The fraction of sp³-hybridized carbons (Fsp3) is 0.172. The highest BCUT2D eigenvalue weighted by Crippen LogP contribution is 2.21. The zero-order chi connectivity index (χ0) is 26.2. The summed E-state index contributed by atoms with van der Waals surface area (Å²) < 4.78 is 0. The first kappa shape index (κ1) is 25.8. The lowest BCUT2D eigenvalue weighted by atomic mass is 10.1. The molecule has 1 heterocycles. The van der Waals surface area contributed by atoms with Gasteiger partial charge in [-0.25, -0.2) is 9.89 Å². The first-order valence-electron chi connectivity index (χ1n) is 12.0. The van der Waals surface area contributed by atoms with Crippen LogP contribution in [-0.4, -0.2) is 48.6 Å². The number of anilines is 2. The number of nitrogens with one attached hydrogen (secondary N) is 2. The number of hydrogen-bond donors (Lipinski definition) is 2. The van der Waals surface area contributed by atoms with Crippen LogP contribution >= 0.6 is 12.2 Å². The minimum Gasteiger partial charge on any atom is -0.385 e. The Morgan fingerprint density at radius 3 is 2.43 bits per heavy atom. The summed E-state index contributed by atoms with van der Waals surface area (Å²) in [5.41, 5.74) is 8.25. The molecule has 0 unspecified atom stereocenters. The average molecular weight is 511 g/mol. The van der Waals surface area contributed by atoms with E-state index in [1.54, 1.807) is 12.3 Å². The van der Waals surface area contributed by atoms with E-state index in [1.807, 2.05) is 87.7 Å². The van der Waals surface area contributed by atoms with E-state index in [0.29, 0.717) is 24.5 Å². The van der Waals surface area contributed by atoms with Gasteiger partial charge in [0.25, 0.3) is 5.91 Å². The number of thiocarbonyl (C=S) groups is 1. The quantitative estimate of drug-likeness (QED) is 0.192. The van der Waals surface area contributed by atoms with Crippen molar-refractivity contribution in [2.45, 2.75) is 13.3 Å². The Labute approximate surface area is 223 Å². The SMILES string of the molecule is Cc1ccccc1/C=N/NC(=S)N1C(=O)/C(=C\c2ccccc2)N=C1CCNc1ccc(N(C)C)cc1. The molecule has 0 atom stereocenters. The topological polar surface area (TPSA) is 72.3 Å². The number of amidine groups is 1. The lowest BCUT2D eigenvalue weighted by molar-refractivity contribution is -0.120. The van der Waals surface area contributed by atoms with Crippen LogP contribution in [0, 0.1) is 6.92 Å². The van der Waals surface area contributed by atoms with Crippen LogP contribution < -0.4 is 15.6 Å². The minimum absolute atomic E-state index is 0.181. The number of aryl methyl sites for hydroxylation is 1.